The van der Waals surface area contributed by atoms with Crippen LogP contribution in [0.1, 0.15) is 44.5 Å². The minimum Gasteiger partial charge on any atom is -0.329 e. The fraction of sp³-hybridized carbons (Fsp3) is 0.786. The van der Waals surface area contributed by atoms with Crippen LogP contribution in [0.5, 0.6) is 0 Å². The highest BCUT2D eigenvalue weighted by Crippen LogP contribution is 2.19. The highest BCUT2D eigenvalue weighted by atomic mass is 32.2. The van der Waals surface area contributed by atoms with Gasteiger partial charge in [-0.1, -0.05) is 26.7 Å². The second-order valence-corrected chi connectivity index (χ2v) is 7.50. The molecule has 1 aromatic heterocycles. The summed E-state index contributed by atoms with van der Waals surface area (Å²) >= 11 is 0. The fourth-order valence-corrected chi connectivity index (χ4v) is 3.85. The number of nitrogens with one attached hydrogen (secondary N) is 1. The van der Waals surface area contributed by atoms with Crippen molar-refractivity contribution in [3.8, 4) is 0 Å². The first-order chi connectivity index (χ1) is 9.79. The first-order valence-corrected chi connectivity index (χ1v) is 9.01. The molecule has 0 bridgehead atoms. The molecule has 1 aromatic rings. The molecule has 0 saturated carbocycles. The number of aryl methyl sites for hydroxylation is 1. The monoisotopic (exact) mass is 316 g/mol. The summed E-state index contributed by atoms with van der Waals surface area (Å²) in [7, 11) is -3.49. The molecule has 3 N–H and O–H groups in total. The number of nitrogens with zero attached hydrogens (tertiary/aromatic N) is 2. The zero-order valence-corrected chi connectivity index (χ0v) is 14.3. The molecule has 0 amide bonds. The molecule has 0 radical (unpaired) electrons. The van der Waals surface area contributed by atoms with Crippen LogP contribution in [0.2, 0.25) is 0 Å². The summed E-state index contributed by atoms with van der Waals surface area (Å²) in [6.45, 7) is 9.25. The Balaban J connectivity index is 2.70. The summed E-state index contributed by atoms with van der Waals surface area (Å²) in [5, 5.41) is 4.25. The Bertz CT molecular complexity index is 550. The fourth-order valence-electron chi connectivity index (χ4n) is 2.37. The van der Waals surface area contributed by atoms with Crippen molar-refractivity contribution in [3.05, 3.63) is 11.4 Å². The van der Waals surface area contributed by atoms with Gasteiger partial charge in [-0.3, -0.25) is 4.68 Å². The van der Waals surface area contributed by atoms with Gasteiger partial charge in [0.2, 0.25) is 10.0 Å². The predicted molar refractivity (Wildman–Crippen MR) is 84.6 cm³/mol. The molecule has 0 aliphatic heterocycles. The van der Waals surface area contributed by atoms with E-state index in [0.717, 1.165) is 19.3 Å². The van der Waals surface area contributed by atoms with Gasteiger partial charge in [-0.25, -0.2) is 13.1 Å². The van der Waals surface area contributed by atoms with Crippen LogP contribution in [0.4, 0.5) is 0 Å². The zero-order chi connectivity index (χ0) is 16.0. The molecule has 122 valence electrons. The summed E-state index contributed by atoms with van der Waals surface area (Å²) in [4.78, 5) is 0.291. The summed E-state index contributed by atoms with van der Waals surface area (Å²) in [6.07, 6.45) is 3.01. The molecule has 6 nitrogen and oxygen atoms in total. The van der Waals surface area contributed by atoms with Crippen molar-refractivity contribution in [2.75, 3.05) is 13.1 Å². The highest BCUT2D eigenvalue weighted by molar-refractivity contribution is 7.89. The average molecular weight is 316 g/mol. The Morgan fingerprint density at radius 3 is 2.52 bits per heavy atom. The van der Waals surface area contributed by atoms with Crippen molar-refractivity contribution in [1.82, 2.24) is 14.5 Å². The second-order valence-electron chi connectivity index (χ2n) is 5.80. The van der Waals surface area contributed by atoms with E-state index >= 15 is 0 Å². The van der Waals surface area contributed by atoms with E-state index < -0.39 is 10.0 Å². The molecule has 0 saturated heterocycles. The van der Waals surface area contributed by atoms with E-state index in [9.17, 15) is 8.42 Å². The van der Waals surface area contributed by atoms with E-state index in [1.807, 2.05) is 0 Å². The van der Waals surface area contributed by atoms with Gasteiger partial charge in [0.05, 0.1) is 17.9 Å². The number of aromatic nitrogens is 2. The van der Waals surface area contributed by atoms with E-state index in [1.54, 1.807) is 18.5 Å². The molecule has 0 spiro atoms. The molecular weight excluding hydrogens is 288 g/mol. The van der Waals surface area contributed by atoms with Crippen LogP contribution < -0.4 is 10.5 Å². The average Bonchev–Trinajstić information content (AvgIpc) is 2.64. The van der Waals surface area contributed by atoms with Crippen LogP contribution in [0.15, 0.2) is 4.90 Å². The number of hydrogen-bond donors (Lipinski definition) is 2. The number of rotatable bonds is 9. The van der Waals surface area contributed by atoms with Crippen LogP contribution in [0.25, 0.3) is 0 Å². The number of hydrogen-bond acceptors (Lipinski definition) is 4. The minimum absolute atomic E-state index is 0.291. The lowest BCUT2D eigenvalue weighted by molar-refractivity contribution is 0.530. The molecule has 21 heavy (non-hydrogen) atoms. The predicted octanol–water partition coefficient (Wildman–Crippen LogP) is 1.56. The van der Waals surface area contributed by atoms with Crippen LogP contribution in [0.3, 0.4) is 0 Å². The van der Waals surface area contributed by atoms with Gasteiger partial charge in [0.25, 0.3) is 0 Å². The van der Waals surface area contributed by atoms with Crippen molar-refractivity contribution < 1.29 is 8.42 Å². The van der Waals surface area contributed by atoms with E-state index in [0.29, 0.717) is 41.8 Å². The maximum absolute atomic E-state index is 12.4. The van der Waals surface area contributed by atoms with E-state index in [-0.39, 0.29) is 0 Å². The summed E-state index contributed by atoms with van der Waals surface area (Å²) in [6, 6.07) is 0. The Hall–Kier alpha value is -0.920. The van der Waals surface area contributed by atoms with Crippen molar-refractivity contribution in [3.63, 3.8) is 0 Å². The van der Waals surface area contributed by atoms with Gasteiger partial charge in [-0.2, -0.15) is 5.10 Å². The van der Waals surface area contributed by atoms with E-state index in [2.05, 4.69) is 23.7 Å². The van der Waals surface area contributed by atoms with Gasteiger partial charge in [0.1, 0.15) is 4.90 Å². The van der Waals surface area contributed by atoms with Crippen molar-refractivity contribution in [1.29, 1.82) is 0 Å². The zero-order valence-electron chi connectivity index (χ0n) is 13.5. The molecule has 7 heteroatoms. The molecular formula is C14H28N4O2S. The molecule has 1 heterocycles. The van der Waals surface area contributed by atoms with Crippen LogP contribution in [0, 0.1) is 19.8 Å². The first-order valence-electron chi connectivity index (χ1n) is 7.53. The van der Waals surface area contributed by atoms with Gasteiger partial charge >= 0.3 is 0 Å². The smallest absolute Gasteiger partial charge is 0.244 e. The third-order valence-corrected chi connectivity index (χ3v) is 5.14. The van der Waals surface area contributed by atoms with Crippen LogP contribution in [-0.4, -0.2) is 31.3 Å². The molecule has 0 fully saturated rings. The molecule has 0 aliphatic carbocycles. The van der Waals surface area contributed by atoms with Gasteiger partial charge in [-0.05, 0) is 26.2 Å². The molecule has 1 rings (SSSR count). The largest absolute Gasteiger partial charge is 0.329 e. The Kier molecular flexibility index (Phi) is 6.83. The highest BCUT2D eigenvalue weighted by Gasteiger charge is 2.23. The number of unbranched alkanes of at least 4 members (excludes halogenated alkanes) is 1. The quantitative estimate of drug-likeness (QED) is 0.677. The maximum Gasteiger partial charge on any atom is 0.244 e. The normalized spacial score (nSPS) is 12.3. The summed E-state index contributed by atoms with van der Waals surface area (Å²) in [5.41, 5.74) is 6.68. The lowest BCUT2D eigenvalue weighted by atomic mass is 10.1. The van der Waals surface area contributed by atoms with E-state index in [1.165, 1.54) is 0 Å². The first kappa shape index (κ1) is 18.1. The minimum atomic E-state index is -3.49. The standard InChI is InChI=1S/C14H28N4O2S/c1-11(2)7-5-6-9-16-21(19,20)14-12(3)17-18(10-8-15)13(14)4/h11,16H,5-10,15H2,1-4H3. The third-order valence-electron chi connectivity index (χ3n) is 3.43. The van der Waals surface area contributed by atoms with Crippen molar-refractivity contribution >= 4 is 10.0 Å². The SMILES string of the molecule is Cc1nn(CCN)c(C)c1S(=O)(=O)NCCCCC(C)C. The maximum atomic E-state index is 12.4. The Morgan fingerprint density at radius 1 is 1.29 bits per heavy atom. The van der Waals surface area contributed by atoms with Gasteiger partial charge in [0.15, 0.2) is 0 Å². The molecule has 0 aromatic carbocycles. The Labute approximate surface area is 128 Å². The molecule has 0 atom stereocenters. The lowest BCUT2D eigenvalue weighted by Gasteiger charge is -2.08. The van der Waals surface area contributed by atoms with E-state index in [4.69, 9.17) is 5.73 Å². The lowest BCUT2D eigenvalue weighted by Crippen LogP contribution is -2.26. The topological polar surface area (TPSA) is 90.0 Å². The number of sulfonamides is 1. The van der Waals surface area contributed by atoms with Crippen molar-refractivity contribution in [2.45, 2.75) is 58.4 Å². The van der Waals surface area contributed by atoms with Gasteiger partial charge in [0, 0.05) is 13.1 Å². The summed E-state index contributed by atoms with van der Waals surface area (Å²) < 4.78 is 29.1. The van der Waals surface area contributed by atoms with Crippen molar-refractivity contribution in [2.24, 2.45) is 11.7 Å². The van der Waals surface area contributed by atoms with Crippen LogP contribution >= 0.6 is 0 Å². The molecule has 0 aliphatic rings. The molecule has 0 unspecified atom stereocenters. The van der Waals surface area contributed by atoms with Crippen LogP contribution in [-0.2, 0) is 16.6 Å². The van der Waals surface area contributed by atoms with Gasteiger partial charge in [-0.15, -0.1) is 0 Å². The Morgan fingerprint density at radius 2 is 1.95 bits per heavy atom. The third kappa shape index (κ3) is 5.09. The summed E-state index contributed by atoms with van der Waals surface area (Å²) in [5.74, 6) is 0.653. The second kappa shape index (κ2) is 7.91. The number of nitrogens with two attached hydrogens (primary N) is 1. The van der Waals surface area contributed by atoms with Gasteiger partial charge < -0.3 is 5.73 Å².